The Morgan fingerprint density at radius 1 is 1.13 bits per heavy atom. The van der Waals surface area contributed by atoms with E-state index in [0.29, 0.717) is 31.2 Å². The Labute approximate surface area is 182 Å². The average molecular weight is 420 g/mol. The molecule has 7 heteroatoms. The number of nitrogen functional groups attached to an aromatic ring is 1. The summed E-state index contributed by atoms with van der Waals surface area (Å²) < 4.78 is 5.18. The van der Waals surface area contributed by atoms with Crippen molar-refractivity contribution in [1.29, 1.82) is 0 Å². The van der Waals surface area contributed by atoms with Crippen molar-refractivity contribution in [3.8, 4) is 0 Å². The van der Waals surface area contributed by atoms with Gasteiger partial charge in [0.05, 0.1) is 18.2 Å². The van der Waals surface area contributed by atoms with Crippen LogP contribution < -0.4 is 15.5 Å². The molecule has 1 aromatic heterocycles. The second-order valence-corrected chi connectivity index (χ2v) is 7.69. The fourth-order valence-corrected chi connectivity index (χ4v) is 4.31. The Hall–Kier alpha value is -3.35. The molecule has 1 aliphatic rings. The summed E-state index contributed by atoms with van der Waals surface area (Å²) in [5.74, 6) is 1.27. The van der Waals surface area contributed by atoms with Gasteiger partial charge in [0, 0.05) is 25.0 Å². The van der Waals surface area contributed by atoms with Crippen LogP contribution in [0.1, 0.15) is 26.7 Å². The summed E-state index contributed by atoms with van der Waals surface area (Å²) in [5.41, 5.74) is 8.24. The number of ether oxygens (including phenoxy) is 1. The highest BCUT2D eigenvalue weighted by Gasteiger charge is 2.28. The summed E-state index contributed by atoms with van der Waals surface area (Å²) in [5, 5.41) is 2.33. The molecule has 3 aromatic rings. The summed E-state index contributed by atoms with van der Waals surface area (Å²) in [6.07, 6.45) is 3.04. The van der Waals surface area contributed by atoms with Gasteiger partial charge in [-0.25, -0.2) is 9.97 Å². The predicted molar refractivity (Wildman–Crippen MR) is 125 cm³/mol. The van der Waals surface area contributed by atoms with E-state index < -0.39 is 0 Å². The lowest BCUT2D eigenvalue weighted by molar-refractivity contribution is -0.148. The molecule has 2 heterocycles. The summed E-state index contributed by atoms with van der Waals surface area (Å²) in [7, 11) is 0. The number of hydrogen-bond acceptors (Lipinski definition) is 7. The summed E-state index contributed by atoms with van der Waals surface area (Å²) in [4.78, 5) is 25.4. The minimum absolute atomic E-state index is 0.0541. The third kappa shape index (κ3) is 4.13. The van der Waals surface area contributed by atoms with Crippen LogP contribution in [-0.2, 0) is 9.53 Å². The molecule has 0 aliphatic carbocycles. The molecule has 0 amide bonds. The number of fused-ring (bicyclic) bond motifs is 1. The minimum atomic E-state index is -0.105. The number of anilines is 4. The molecule has 0 radical (unpaired) electrons. The molecule has 0 bridgehead atoms. The number of esters is 1. The van der Waals surface area contributed by atoms with E-state index in [9.17, 15) is 4.79 Å². The molecular formula is C24H29N5O2. The number of hydrogen-bond donors (Lipinski definition) is 1. The van der Waals surface area contributed by atoms with Gasteiger partial charge in [0.25, 0.3) is 0 Å². The average Bonchev–Trinajstić information content (AvgIpc) is 2.81. The lowest BCUT2D eigenvalue weighted by atomic mass is 9.97. The fraction of sp³-hybridized carbons (Fsp3) is 0.375. The molecule has 4 rings (SSSR count). The third-order valence-electron chi connectivity index (χ3n) is 5.89. The van der Waals surface area contributed by atoms with Crippen LogP contribution in [0.25, 0.3) is 10.8 Å². The van der Waals surface area contributed by atoms with Crippen LogP contribution >= 0.6 is 0 Å². The molecular weight excluding hydrogens is 390 g/mol. The van der Waals surface area contributed by atoms with Gasteiger partial charge in [0.15, 0.2) is 11.6 Å². The van der Waals surface area contributed by atoms with Gasteiger partial charge >= 0.3 is 5.97 Å². The van der Waals surface area contributed by atoms with Crippen LogP contribution in [0.3, 0.4) is 0 Å². The summed E-state index contributed by atoms with van der Waals surface area (Å²) in [6, 6.07) is 14.6. The van der Waals surface area contributed by atoms with Gasteiger partial charge in [0.2, 0.25) is 0 Å². The van der Waals surface area contributed by atoms with Gasteiger partial charge in [-0.3, -0.25) is 4.79 Å². The highest BCUT2D eigenvalue weighted by atomic mass is 16.5. The van der Waals surface area contributed by atoms with Crippen molar-refractivity contribution in [2.45, 2.75) is 26.7 Å². The zero-order valence-corrected chi connectivity index (χ0v) is 18.1. The van der Waals surface area contributed by atoms with E-state index in [-0.39, 0.29) is 11.9 Å². The first-order valence-electron chi connectivity index (χ1n) is 10.9. The SMILES string of the molecule is CCOC(=O)C1CCN(c2ncnc(N(CC)c3cccc4ccccc34)c2N)CC1. The highest BCUT2D eigenvalue weighted by Crippen LogP contribution is 2.37. The van der Waals surface area contributed by atoms with E-state index in [1.807, 2.05) is 19.1 Å². The van der Waals surface area contributed by atoms with E-state index >= 15 is 0 Å². The number of carbonyl (C=O) groups is 1. The molecule has 162 valence electrons. The van der Waals surface area contributed by atoms with Crippen molar-refractivity contribution in [1.82, 2.24) is 9.97 Å². The van der Waals surface area contributed by atoms with Crippen molar-refractivity contribution >= 4 is 39.8 Å². The van der Waals surface area contributed by atoms with Crippen molar-refractivity contribution in [2.24, 2.45) is 5.92 Å². The Morgan fingerprint density at radius 2 is 1.87 bits per heavy atom. The maximum atomic E-state index is 12.1. The number of rotatable bonds is 6. The first-order valence-corrected chi connectivity index (χ1v) is 10.9. The molecule has 0 saturated carbocycles. The van der Waals surface area contributed by atoms with Gasteiger partial charge in [-0.15, -0.1) is 0 Å². The largest absolute Gasteiger partial charge is 0.466 e. The monoisotopic (exact) mass is 419 g/mol. The van der Waals surface area contributed by atoms with Gasteiger partial charge < -0.3 is 20.3 Å². The zero-order chi connectivity index (χ0) is 21.8. The molecule has 1 aliphatic heterocycles. The molecule has 31 heavy (non-hydrogen) atoms. The normalized spacial score (nSPS) is 14.6. The van der Waals surface area contributed by atoms with Gasteiger partial charge in [-0.05, 0) is 38.1 Å². The molecule has 0 spiro atoms. The van der Waals surface area contributed by atoms with Crippen molar-refractivity contribution in [2.75, 3.05) is 41.8 Å². The molecule has 2 N–H and O–H groups in total. The third-order valence-corrected chi connectivity index (χ3v) is 5.89. The van der Waals surface area contributed by atoms with Crippen LogP contribution in [0.15, 0.2) is 48.8 Å². The lowest BCUT2D eigenvalue weighted by Gasteiger charge is -2.33. The number of piperidine rings is 1. The first kappa shape index (κ1) is 20.9. The number of nitrogens with two attached hydrogens (primary N) is 1. The quantitative estimate of drug-likeness (QED) is 0.601. The molecule has 2 aromatic carbocycles. The van der Waals surface area contributed by atoms with Crippen molar-refractivity contribution in [3.63, 3.8) is 0 Å². The number of benzene rings is 2. The smallest absolute Gasteiger partial charge is 0.309 e. The zero-order valence-electron chi connectivity index (χ0n) is 18.1. The molecule has 0 unspecified atom stereocenters. The summed E-state index contributed by atoms with van der Waals surface area (Å²) in [6.45, 7) is 6.50. The van der Waals surface area contributed by atoms with Gasteiger partial charge in [0.1, 0.15) is 12.0 Å². The lowest BCUT2D eigenvalue weighted by Crippen LogP contribution is -2.38. The second kappa shape index (κ2) is 9.20. The predicted octanol–water partition coefficient (Wildman–Crippen LogP) is 4.15. The van der Waals surface area contributed by atoms with E-state index in [2.05, 4.69) is 57.0 Å². The highest BCUT2D eigenvalue weighted by molar-refractivity contribution is 5.97. The van der Waals surface area contributed by atoms with Crippen LogP contribution in [-0.4, -0.2) is 42.2 Å². The van der Waals surface area contributed by atoms with E-state index in [0.717, 1.165) is 36.3 Å². The number of aromatic nitrogens is 2. The topological polar surface area (TPSA) is 84.6 Å². The van der Waals surface area contributed by atoms with Crippen molar-refractivity contribution < 1.29 is 9.53 Å². The first-order chi connectivity index (χ1) is 15.1. The maximum absolute atomic E-state index is 12.1. The van der Waals surface area contributed by atoms with Crippen LogP contribution in [0.4, 0.5) is 23.0 Å². The molecule has 1 fully saturated rings. The van der Waals surface area contributed by atoms with Crippen LogP contribution in [0.2, 0.25) is 0 Å². The Balaban J connectivity index is 1.62. The minimum Gasteiger partial charge on any atom is -0.466 e. The molecule has 0 atom stereocenters. The van der Waals surface area contributed by atoms with Gasteiger partial charge in [-0.1, -0.05) is 36.4 Å². The van der Waals surface area contributed by atoms with Gasteiger partial charge in [-0.2, -0.15) is 0 Å². The Kier molecular flexibility index (Phi) is 6.21. The second-order valence-electron chi connectivity index (χ2n) is 7.69. The Bertz CT molecular complexity index is 1060. The molecule has 1 saturated heterocycles. The van der Waals surface area contributed by atoms with E-state index in [4.69, 9.17) is 10.5 Å². The van der Waals surface area contributed by atoms with Crippen molar-refractivity contribution in [3.05, 3.63) is 48.8 Å². The van der Waals surface area contributed by atoms with E-state index in [1.165, 1.54) is 5.39 Å². The Morgan fingerprint density at radius 3 is 2.61 bits per heavy atom. The maximum Gasteiger partial charge on any atom is 0.309 e. The number of carbonyl (C=O) groups excluding carboxylic acids is 1. The van der Waals surface area contributed by atoms with E-state index in [1.54, 1.807) is 6.33 Å². The summed E-state index contributed by atoms with van der Waals surface area (Å²) >= 11 is 0. The molecule has 7 nitrogen and oxygen atoms in total. The number of nitrogens with zero attached hydrogens (tertiary/aromatic N) is 4. The standard InChI is InChI=1S/C24H29N5O2/c1-3-29(20-11-7-9-17-8-5-6-10-19(17)20)23-21(25)22(26-16-27-23)28-14-12-18(13-15-28)24(30)31-4-2/h5-11,16,18H,3-4,12-15,25H2,1-2H3. The fourth-order valence-electron chi connectivity index (χ4n) is 4.31. The van der Waals surface area contributed by atoms with Crippen LogP contribution in [0, 0.1) is 5.92 Å². The van der Waals surface area contributed by atoms with Crippen LogP contribution in [0.5, 0.6) is 0 Å².